The number of carbonyl (C=O) groups excluding carboxylic acids is 1. The van der Waals surface area contributed by atoms with Crippen molar-refractivity contribution in [2.75, 3.05) is 12.4 Å². The number of aryl methyl sites for hydroxylation is 1. The topological polar surface area (TPSA) is 64.3 Å². The Kier molecular flexibility index (Phi) is 4.11. The Bertz CT molecular complexity index is 680. The summed E-state index contributed by atoms with van der Waals surface area (Å²) in [6, 6.07) is 14.0. The first-order valence-corrected chi connectivity index (χ1v) is 7.47. The van der Waals surface area contributed by atoms with Crippen LogP contribution < -0.4 is 15.8 Å². The van der Waals surface area contributed by atoms with Gasteiger partial charge in [-0.1, -0.05) is 24.3 Å². The van der Waals surface area contributed by atoms with Crippen LogP contribution in [0, 0.1) is 0 Å². The van der Waals surface area contributed by atoms with Crippen LogP contribution in [0.1, 0.15) is 29.2 Å². The van der Waals surface area contributed by atoms with Crippen LogP contribution in [0.3, 0.4) is 0 Å². The second-order valence-electron chi connectivity index (χ2n) is 5.62. The third kappa shape index (κ3) is 3.12. The number of rotatable bonds is 4. The van der Waals surface area contributed by atoms with Crippen molar-refractivity contribution < 1.29 is 9.53 Å². The Hall–Kier alpha value is -2.33. The maximum absolute atomic E-state index is 11.4. The van der Waals surface area contributed by atoms with E-state index in [1.54, 1.807) is 7.11 Å². The summed E-state index contributed by atoms with van der Waals surface area (Å²) in [7, 11) is 1.66. The van der Waals surface area contributed by atoms with Crippen LogP contribution in [-0.2, 0) is 17.6 Å². The van der Waals surface area contributed by atoms with E-state index >= 15 is 0 Å². The van der Waals surface area contributed by atoms with Gasteiger partial charge >= 0.3 is 0 Å². The highest BCUT2D eigenvalue weighted by molar-refractivity contribution is 5.93. The van der Waals surface area contributed by atoms with Gasteiger partial charge in [-0.2, -0.15) is 0 Å². The van der Waals surface area contributed by atoms with E-state index in [0.29, 0.717) is 6.42 Å². The Morgan fingerprint density at radius 2 is 1.95 bits per heavy atom. The molecule has 1 heterocycles. The van der Waals surface area contributed by atoms with E-state index in [-0.39, 0.29) is 11.9 Å². The molecule has 4 nitrogen and oxygen atoms in total. The lowest BCUT2D eigenvalue weighted by molar-refractivity contribution is -0.116. The van der Waals surface area contributed by atoms with Crippen LogP contribution in [0.2, 0.25) is 0 Å². The molecule has 4 heteroatoms. The predicted molar refractivity (Wildman–Crippen MR) is 87.0 cm³/mol. The molecule has 0 fully saturated rings. The molecule has 1 amide bonds. The minimum Gasteiger partial charge on any atom is -0.497 e. The maximum Gasteiger partial charge on any atom is 0.224 e. The second kappa shape index (κ2) is 6.20. The van der Waals surface area contributed by atoms with Gasteiger partial charge in [0.05, 0.1) is 7.11 Å². The molecule has 0 saturated carbocycles. The van der Waals surface area contributed by atoms with Crippen molar-refractivity contribution in [2.24, 2.45) is 5.73 Å². The number of hydrogen-bond donors (Lipinski definition) is 2. The molecule has 0 saturated heterocycles. The fourth-order valence-electron chi connectivity index (χ4n) is 2.77. The number of nitrogens with two attached hydrogens (primary N) is 1. The van der Waals surface area contributed by atoms with Gasteiger partial charge in [-0.3, -0.25) is 4.79 Å². The van der Waals surface area contributed by atoms with Crippen molar-refractivity contribution >= 4 is 11.6 Å². The van der Waals surface area contributed by atoms with E-state index in [1.165, 1.54) is 11.1 Å². The second-order valence-corrected chi connectivity index (χ2v) is 5.62. The fourth-order valence-corrected chi connectivity index (χ4v) is 2.77. The molecule has 3 N–H and O–H groups in total. The zero-order chi connectivity index (χ0) is 15.5. The summed E-state index contributed by atoms with van der Waals surface area (Å²) in [6.45, 7) is 0. The number of nitrogens with one attached hydrogen (secondary N) is 1. The predicted octanol–water partition coefficient (Wildman–Crippen LogP) is 2.82. The van der Waals surface area contributed by atoms with Crippen LogP contribution in [0.5, 0.6) is 5.75 Å². The summed E-state index contributed by atoms with van der Waals surface area (Å²) in [5, 5.41) is 2.89. The van der Waals surface area contributed by atoms with Gasteiger partial charge in [0.25, 0.3) is 0 Å². The molecule has 114 valence electrons. The van der Waals surface area contributed by atoms with Gasteiger partial charge in [-0.05, 0) is 47.7 Å². The smallest absolute Gasteiger partial charge is 0.224 e. The molecule has 22 heavy (non-hydrogen) atoms. The van der Waals surface area contributed by atoms with Gasteiger partial charge in [0.1, 0.15) is 5.75 Å². The number of carbonyl (C=O) groups is 1. The van der Waals surface area contributed by atoms with Crippen molar-refractivity contribution in [1.29, 1.82) is 0 Å². The van der Waals surface area contributed by atoms with Crippen LogP contribution in [0.15, 0.2) is 42.5 Å². The minimum absolute atomic E-state index is 0.0590. The molecule has 0 bridgehead atoms. The minimum atomic E-state index is -0.0590. The molecule has 0 radical (unpaired) electrons. The SMILES string of the molecule is COc1ccc(CC(N)c2ccc3c(c2)CCC(=O)N3)cc1. The summed E-state index contributed by atoms with van der Waals surface area (Å²) in [4.78, 5) is 11.4. The molecular formula is C18H20N2O2. The maximum atomic E-state index is 11.4. The standard InChI is InChI=1S/C18H20N2O2/c1-22-15-6-2-12(3-7-15)10-16(19)13-4-8-17-14(11-13)5-9-18(21)20-17/h2-4,6-8,11,16H,5,9-10,19H2,1H3,(H,20,21). The number of amides is 1. The van der Waals surface area contributed by atoms with E-state index in [1.807, 2.05) is 36.4 Å². The van der Waals surface area contributed by atoms with Crippen molar-refractivity contribution in [3.8, 4) is 5.75 Å². The highest BCUT2D eigenvalue weighted by Crippen LogP contribution is 2.27. The summed E-state index contributed by atoms with van der Waals surface area (Å²) < 4.78 is 5.16. The largest absolute Gasteiger partial charge is 0.497 e. The van der Waals surface area contributed by atoms with Gasteiger partial charge in [0.2, 0.25) is 5.91 Å². The Labute approximate surface area is 130 Å². The summed E-state index contributed by atoms with van der Waals surface area (Å²) in [6.07, 6.45) is 2.10. The fraction of sp³-hybridized carbons (Fsp3) is 0.278. The molecule has 0 aromatic heterocycles. The number of anilines is 1. The summed E-state index contributed by atoms with van der Waals surface area (Å²) in [5.41, 5.74) is 10.7. The van der Waals surface area contributed by atoms with Crippen molar-refractivity contribution in [1.82, 2.24) is 0 Å². The van der Waals surface area contributed by atoms with E-state index in [4.69, 9.17) is 10.5 Å². The zero-order valence-corrected chi connectivity index (χ0v) is 12.6. The molecule has 1 atom stereocenters. The van der Waals surface area contributed by atoms with Crippen molar-refractivity contribution in [3.63, 3.8) is 0 Å². The van der Waals surface area contributed by atoms with Crippen molar-refractivity contribution in [3.05, 3.63) is 59.2 Å². The van der Waals surface area contributed by atoms with Crippen molar-refractivity contribution in [2.45, 2.75) is 25.3 Å². The van der Waals surface area contributed by atoms with Gasteiger partial charge in [0.15, 0.2) is 0 Å². The van der Waals surface area contributed by atoms with Gasteiger partial charge in [-0.25, -0.2) is 0 Å². The normalized spacial score (nSPS) is 14.9. The van der Waals surface area contributed by atoms with Gasteiger partial charge in [-0.15, -0.1) is 0 Å². The molecule has 0 aliphatic carbocycles. The summed E-state index contributed by atoms with van der Waals surface area (Å²) in [5.74, 6) is 0.935. The monoisotopic (exact) mass is 296 g/mol. The first-order valence-electron chi connectivity index (χ1n) is 7.47. The Morgan fingerprint density at radius 1 is 1.18 bits per heavy atom. The van der Waals surface area contributed by atoms with E-state index in [0.717, 1.165) is 29.8 Å². The summed E-state index contributed by atoms with van der Waals surface area (Å²) >= 11 is 0. The van der Waals surface area contributed by atoms with Crippen LogP contribution in [-0.4, -0.2) is 13.0 Å². The number of fused-ring (bicyclic) bond motifs is 1. The van der Waals surface area contributed by atoms with Gasteiger partial charge < -0.3 is 15.8 Å². The third-order valence-corrected chi connectivity index (χ3v) is 4.07. The quantitative estimate of drug-likeness (QED) is 0.912. The van der Waals surface area contributed by atoms with Gasteiger partial charge in [0, 0.05) is 18.2 Å². The lowest BCUT2D eigenvalue weighted by Gasteiger charge is -2.20. The number of methoxy groups -OCH3 is 1. The molecule has 0 spiro atoms. The van der Waals surface area contributed by atoms with E-state index < -0.39 is 0 Å². The number of hydrogen-bond acceptors (Lipinski definition) is 3. The molecular weight excluding hydrogens is 276 g/mol. The molecule has 2 aromatic rings. The first kappa shape index (κ1) is 14.6. The lowest BCUT2D eigenvalue weighted by atomic mass is 9.94. The molecule has 1 unspecified atom stereocenters. The molecule has 1 aliphatic heterocycles. The van der Waals surface area contributed by atoms with Crippen LogP contribution >= 0.6 is 0 Å². The molecule has 2 aromatic carbocycles. The average molecular weight is 296 g/mol. The Balaban J connectivity index is 1.74. The molecule has 1 aliphatic rings. The average Bonchev–Trinajstić information content (AvgIpc) is 2.55. The third-order valence-electron chi connectivity index (χ3n) is 4.07. The first-order chi connectivity index (χ1) is 10.7. The van der Waals surface area contributed by atoms with E-state index in [2.05, 4.69) is 11.4 Å². The van der Waals surface area contributed by atoms with Crippen LogP contribution in [0.4, 0.5) is 5.69 Å². The number of ether oxygens (including phenoxy) is 1. The highest BCUT2D eigenvalue weighted by Gasteiger charge is 2.16. The lowest BCUT2D eigenvalue weighted by Crippen LogP contribution is -2.20. The zero-order valence-electron chi connectivity index (χ0n) is 12.6. The Morgan fingerprint density at radius 3 is 2.68 bits per heavy atom. The molecule has 3 rings (SSSR count). The van der Waals surface area contributed by atoms with E-state index in [9.17, 15) is 4.79 Å². The highest BCUT2D eigenvalue weighted by atomic mass is 16.5. The number of benzene rings is 2. The van der Waals surface area contributed by atoms with Crippen LogP contribution in [0.25, 0.3) is 0 Å².